The highest BCUT2D eigenvalue weighted by molar-refractivity contribution is 7.98. The second-order valence-corrected chi connectivity index (χ2v) is 8.08. The van der Waals surface area contributed by atoms with E-state index in [2.05, 4.69) is 37.2 Å². The number of carbonyl (C=O) groups excluding carboxylic acids is 1. The number of amides is 1. The maximum absolute atomic E-state index is 13.0. The minimum atomic E-state index is -0.466. The number of anilines is 1. The van der Waals surface area contributed by atoms with Gasteiger partial charge in [0.2, 0.25) is 11.6 Å². The Labute approximate surface area is 186 Å². The largest absolute Gasteiger partial charge is 0.378 e. The lowest BCUT2D eigenvalue weighted by Crippen LogP contribution is -2.21. The molecule has 0 saturated carbocycles. The second kappa shape index (κ2) is 8.63. The number of hydrogen-bond acceptors (Lipinski definition) is 9. The number of rotatable bonds is 6. The molecule has 3 N–H and O–H groups in total. The number of nitrogens with one attached hydrogen (secondary N) is 1. The van der Waals surface area contributed by atoms with E-state index in [1.807, 2.05) is 48.5 Å². The molecule has 5 rings (SSSR count). The van der Waals surface area contributed by atoms with E-state index in [0.29, 0.717) is 11.4 Å². The zero-order valence-electron chi connectivity index (χ0n) is 16.8. The number of nitrogens with two attached hydrogens (primary N) is 1. The summed E-state index contributed by atoms with van der Waals surface area (Å²) in [4.78, 5) is 14.0. The number of fused-ring (bicyclic) bond motifs is 1. The first-order chi connectivity index (χ1) is 15.7. The van der Waals surface area contributed by atoms with E-state index in [9.17, 15) is 4.79 Å². The Morgan fingerprint density at radius 2 is 1.94 bits per heavy atom. The van der Waals surface area contributed by atoms with Crippen LogP contribution in [0.4, 0.5) is 5.82 Å². The summed E-state index contributed by atoms with van der Waals surface area (Å²) in [5.74, 6) is 0.157. The molecular weight excluding hydrogens is 428 g/mol. The molecule has 1 aliphatic rings. The maximum Gasteiger partial charge on any atom is 0.293 e. The molecule has 0 atom stereocenters. The minimum Gasteiger partial charge on any atom is -0.378 e. The van der Waals surface area contributed by atoms with Crippen molar-refractivity contribution in [1.82, 2.24) is 30.7 Å². The average Bonchev–Trinajstić information content (AvgIpc) is 3.54. The van der Waals surface area contributed by atoms with Gasteiger partial charge in [-0.15, -0.1) is 16.9 Å². The van der Waals surface area contributed by atoms with Crippen LogP contribution in [0.3, 0.4) is 0 Å². The Kier molecular flexibility index (Phi) is 5.38. The van der Waals surface area contributed by atoms with Crippen LogP contribution in [0.1, 0.15) is 33.7 Å². The predicted octanol–water partition coefficient (Wildman–Crippen LogP) is 2.61. The molecule has 2 aromatic heterocycles. The fourth-order valence-electron chi connectivity index (χ4n) is 3.48. The molecule has 1 amide bonds. The van der Waals surface area contributed by atoms with E-state index in [1.165, 1.54) is 22.0 Å². The highest BCUT2D eigenvalue weighted by atomic mass is 32.2. The first-order valence-electron chi connectivity index (χ1n) is 9.86. The summed E-state index contributed by atoms with van der Waals surface area (Å²) in [6.07, 6.45) is 1.67. The lowest BCUT2D eigenvalue weighted by Gasteiger charge is -2.06. The van der Waals surface area contributed by atoms with Gasteiger partial charge in [-0.05, 0) is 40.9 Å². The van der Waals surface area contributed by atoms with E-state index < -0.39 is 5.91 Å². The lowest BCUT2D eigenvalue weighted by atomic mass is 10.1. The van der Waals surface area contributed by atoms with E-state index in [1.54, 1.807) is 0 Å². The topological polar surface area (TPSA) is 137 Å². The molecule has 0 fully saturated rings. The van der Waals surface area contributed by atoms with Gasteiger partial charge in [0.15, 0.2) is 5.69 Å². The fraction of sp³-hybridized carbons (Fsp3) is 0.143. The standard InChI is InChI=1S/C21H18N8O2S/c22-19-20(27-31-26-19)29-17(12-32-14-7-2-1-3-8-14)18(24-28-29)21(30)25-23-16-11-10-13-6-4-5-9-15(13)16/h1-9H,10-12H2,(H2,22,26)(H,25,30)/b23-16-. The zero-order valence-corrected chi connectivity index (χ0v) is 17.6. The Morgan fingerprint density at radius 1 is 1.12 bits per heavy atom. The molecule has 0 unspecified atom stereocenters. The summed E-state index contributed by atoms with van der Waals surface area (Å²) in [5.41, 5.74) is 12.2. The van der Waals surface area contributed by atoms with Crippen molar-refractivity contribution in [2.75, 3.05) is 5.73 Å². The van der Waals surface area contributed by atoms with Gasteiger partial charge in [0, 0.05) is 16.2 Å². The monoisotopic (exact) mass is 446 g/mol. The highest BCUT2D eigenvalue weighted by Gasteiger charge is 2.24. The molecular formula is C21H18N8O2S. The van der Waals surface area contributed by atoms with E-state index in [-0.39, 0.29) is 17.3 Å². The van der Waals surface area contributed by atoms with Gasteiger partial charge in [0.1, 0.15) is 0 Å². The number of thioether (sulfide) groups is 1. The summed E-state index contributed by atoms with van der Waals surface area (Å²) in [6, 6.07) is 17.8. The van der Waals surface area contributed by atoms with Gasteiger partial charge in [-0.25, -0.2) is 10.1 Å². The van der Waals surface area contributed by atoms with Crippen molar-refractivity contribution in [2.24, 2.45) is 5.10 Å². The van der Waals surface area contributed by atoms with Crippen molar-refractivity contribution < 1.29 is 9.42 Å². The molecule has 0 bridgehead atoms. The second-order valence-electron chi connectivity index (χ2n) is 7.03. The summed E-state index contributed by atoms with van der Waals surface area (Å²) in [5, 5.41) is 19.9. The maximum atomic E-state index is 13.0. The Hall–Kier alpha value is -3.99. The third kappa shape index (κ3) is 3.85. The highest BCUT2D eigenvalue weighted by Crippen LogP contribution is 2.26. The number of hydrogen-bond donors (Lipinski definition) is 2. The van der Waals surface area contributed by atoms with Crippen LogP contribution in [0.5, 0.6) is 0 Å². The van der Waals surface area contributed by atoms with E-state index >= 15 is 0 Å². The third-order valence-electron chi connectivity index (χ3n) is 5.05. The van der Waals surface area contributed by atoms with Crippen molar-refractivity contribution in [3.63, 3.8) is 0 Å². The minimum absolute atomic E-state index is 0.0515. The number of hydrazone groups is 1. The quantitative estimate of drug-likeness (QED) is 0.341. The molecule has 2 aromatic carbocycles. The molecule has 4 aromatic rings. The van der Waals surface area contributed by atoms with Crippen molar-refractivity contribution >= 4 is 29.2 Å². The first-order valence-corrected chi connectivity index (χ1v) is 10.9. The molecule has 2 heterocycles. The Balaban J connectivity index is 1.43. The van der Waals surface area contributed by atoms with Crippen molar-refractivity contribution in [1.29, 1.82) is 0 Å². The summed E-state index contributed by atoms with van der Waals surface area (Å²) in [6.45, 7) is 0. The fourth-order valence-corrected chi connectivity index (χ4v) is 4.39. The van der Waals surface area contributed by atoms with Gasteiger partial charge in [-0.3, -0.25) is 4.79 Å². The van der Waals surface area contributed by atoms with E-state index in [4.69, 9.17) is 10.4 Å². The zero-order chi connectivity index (χ0) is 21.9. The van der Waals surface area contributed by atoms with Gasteiger partial charge >= 0.3 is 0 Å². The summed E-state index contributed by atoms with van der Waals surface area (Å²) < 4.78 is 6.06. The van der Waals surface area contributed by atoms with Gasteiger partial charge in [-0.2, -0.15) is 9.78 Å². The molecule has 11 heteroatoms. The number of nitrogen functional groups attached to an aromatic ring is 1. The summed E-state index contributed by atoms with van der Waals surface area (Å²) in [7, 11) is 0. The lowest BCUT2D eigenvalue weighted by molar-refractivity contribution is 0.0949. The number of benzene rings is 2. The number of aromatic nitrogens is 5. The van der Waals surface area contributed by atoms with Crippen LogP contribution in [-0.4, -0.2) is 36.9 Å². The van der Waals surface area contributed by atoms with Crippen molar-refractivity contribution in [3.8, 4) is 5.82 Å². The van der Waals surface area contributed by atoms with Crippen LogP contribution in [0, 0.1) is 0 Å². The van der Waals surface area contributed by atoms with E-state index in [0.717, 1.165) is 29.0 Å². The SMILES string of the molecule is Nc1nonc1-n1nnc(C(=O)N/N=C2/CCc3ccccc32)c1CSc1ccccc1. The van der Waals surface area contributed by atoms with Crippen LogP contribution in [0.25, 0.3) is 5.82 Å². The molecule has 32 heavy (non-hydrogen) atoms. The number of nitrogens with zero attached hydrogens (tertiary/aromatic N) is 6. The van der Waals surface area contributed by atoms with Crippen molar-refractivity contribution in [2.45, 2.75) is 23.5 Å². The molecule has 0 radical (unpaired) electrons. The smallest absolute Gasteiger partial charge is 0.293 e. The molecule has 0 saturated heterocycles. The van der Waals surface area contributed by atoms with Gasteiger partial charge in [0.25, 0.3) is 5.91 Å². The number of carbonyl (C=O) groups is 1. The molecule has 0 spiro atoms. The molecule has 0 aliphatic heterocycles. The number of aryl methyl sites for hydroxylation is 1. The Bertz CT molecular complexity index is 1300. The molecule has 1 aliphatic carbocycles. The van der Waals surface area contributed by atoms with Gasteiger partial charge in [0.05, 0.1) is 11.4 Å². The van der Waals surface area contributed by atoms with Gasteiger partial charge < -0.3 is 5.73 Å². The predicted molar refractivity (Wildman–Crippen MR) is 118 cm³/mol. The third-order valence-corrected chi connectivity index (χ3v) is 6.07. The molecule has 160 valence electrons. The van der Waals surface area contributed by atoms with Crippen LogP contribution >= 0.6 is 11.8 Å². The van der Waals surface area contributed by atoms with Crippen LogP contribution in [-0.2, 0) is 12.2 Å². The van der Waals surface area contributed by atoms with Crippen LogP contribution < -0.4 is 11.2 Å². The van der Waals surface area contributed by atoms with Crippen LogP contribution in [0.2, 0.25) is 0 Å². The molecule has 10 nitrogen and oxygen atoms in total. The Morgan fingerprint density at radius 3 is 2.75 bits per heavy atom. The van der Waals surface area contributed by atoms with Gasteiger partial charge in [-0.1, -0.05) is 47.7 Å². The first kappa shape index (κ1) is 19.9. The van der Waals surface area contributed by atoms with Crippen LogP contribution in [0.15, 0.2) is 69.2 Å². The normalized spacial score (nSPS) is 13.9. The average molecular weight is 446 g/mol. The van der Waals surface area contributed by atoms with Crippen molar-refractivity contribution in [3.05, 3.63) is 77.1 Å². The summed E-state index contributed by atoms with van der Waals surface area (Å²) >= 11 is 1.52.